The second-order valence-electron chi connectivity index (χ2n) is 6.01. The second-order valence-corrected chi connectivity index (χ2v) is 6.01. The number of rotatable bonds is 6. The maximum atomic E-state index is 5.06. The van der Waals surface area contributed by atoms with Gasteiger partial charge < -0.3 is 19.9 Å². The second kappa shape index (κ2) is 6.03. The normalized spacial score (nSPS) is 15.9. The number of pyridine rings is 1. The molecule has 3 rings (SSSR count). The molecule has 0 aromatic carbocycles. The van der Waals surface area contributed by atoms with Crippen LogP contribution >= 0.6 is 0 Å². The SMILES string of the molecule is COCCNC1CN(c2ccc3[nH]cc(C(C)C)c3n2)C1. The number of methoxy groups -OCH3 is 1. The minimum atomic E-state index is 0.487. The van der Waals surface area contributed by atoms with Crippen LogP contribution in [0.5, 0.6) is 0 Å². The van der Waals surface area contributed by atoms with E-state index in [4.69, 9.17) is 9.72 Å². The minimum Gasteiger partial charge on any atom is -0.383 e. The summed E-state index contributed by atoms with van der Waals surface area (Å²) in [5.41, 5.74) is 3.53. The lowest BCUT2D eigenvalue weighted by molar-refractivity contribution is 0.193. The van der Waals surface area contributed by atoms with E-state index in [1.54, 1.807) is 7.11 Å². The van der Waals surface area contributed by atoms with Gasteiger partial charge in [-0.25, -0.2) is 4.98 Å². The number of aromatic amines is 1. The summed E-state index contributed by atoms with van der Waals surface area (Å²) in [6.07, 6.45) is 2.08. The van der Waals surface area contributed by atoms with Crippen LogP contribution < -0.4 is 10.2 Å². The Morgan fingerprint density at radius 3 is 2.95 bits per heavy atom. The van der Waals surface area contributed by atoms with Crippen molar-refractivity contribution in [2.75, 3.05) is 38.3 Å². The lowest BCUT2D eigenvalue weighted by Gasteiger charge is -2.40. The van der Waals surface area contributed by atoms with Crippen molar-refractivity contribution in [1.82, 2.24) is 15.3 Å². The molecule has 0 amide bonds. The van der Waals surface area contributed by atoms with Crippen molar-refractivity contribution < 1.29 is 4.74 Å². The number of nitrogens with one attached hydrogen (secondary N) is 2. The van der Waals surface area contributed by atoms with E-state index in [1.165, 1.54) is 5.56 Å². The summed E-state index contributed by atoms with van der Waals surface area (Å²) in [5.74, 6) is 1.56. The van der Waals surface area contributed by atoms with Crippen LogP contribution in [0.15, 0.2) is 18.3 Å². The van der Waals surface area contributed by atoms with Gasteiger partial charge in [-0.05, 0) is 23.6 Å². The Bertz CT molecular complexity index is 601. The number of hydrogen-bond donors (Lipinski definition) is 2. The number of ether oxygens (including phenoxy) is 1. The summed E-state index contributed by atoms with van der Waals surface area (Å²) in [6.45, 7) is 8.12. The first-order chi connectivity index (χ1) is 10.2. The Balaban J connectivity index is 1.67. The van der Waals surface area contributed by atoms with E-state index in [0.29, 0.717) is 12.0 Å². The molecule has 0 aliphatic carbocycles. The van der Waals surface area contributed by atoms with Crippen molar-refractivity contribution in [2.24, 2.45) is 0 Å². The predicted molar refractivity (Wildman–Crippen MR) is 86.1 cm³/mol. The average molecular weight is 288 g/mol. The molecule has 2 N–H and O–H groups in total. The number of hydrogen-bond acceptors (Lipinski definition) is 4. The molecule has 0 atom stereocenters. The topological polar surface area (TPSA) is 53.2 Å². The van der Waals surface area contributed by atoms with E-state index in [2.05, 4.69) is 47.4 Å². The third kappa shape index (κ3) is 2.89. The highest BCUT2D eigenvalue weighted by molar-refractivity contribution is 5.81. The third-order valence-electron chi connectivity index (χ3n) is 4.10. The van der Waals surface area contributed by atoms with Crippen LogP contribution in [-0.2, 0) is 4.74 Å². The number of aromatic nitrogens is 2. The zero-order chi connectivity index (χ0) is 14.8. The van der Waals surface area contributed by atoms with Crippen LogP contribution in [0.2, 0.25) is 0 Å². The lowest BCUT2D eigenvalue weighted by atomic mass is 10.1. The highest BCUT2D eigenvalue weighted by Gasteiger charge is 2.27. The molecule has 1 aliphatic rings. The van der Waals surface area contributed by atoms with Gasteiger partial charge in [0.1, 0.15) is 5.82 Å². The van der Waals surface area contributed by atoms with Gasteiger partial charge in [-0.2, -0.15) is 0 Å². The molecule has 1 fully saturated rings. The Morgan fingerprint density at radius 1 is 1.43 bits per heavy atom. The standard InChI is InChI=1S/C16H24N4O/c1-11(2)13-8-18-14-4-5-15(19-16(13)14)20-9-12(10-20)17-6-7-21-3/h4-5,8,11-12,17-18H,6-7,9-10H2,1-3H3. The monoisotopic (exact) mass is 288 g/mol. The fraction of sp³-hybridized carbons (Fsp3) is 0.562. The zero-order valence-electron chi connectivity index (χ0n) is 13.0. The molecular formula is C16H24N4O. The van der Waals surface area contributed by atoms with Crippen LogP contribution in [0.1, 0.15) is 25.3 Å². The van der Waals surface area contributed by atoms with Crippen LogP contribution in [-0.4, -0.2) is 49.4 Å². The smallest absolute Gasteiger partial charge is 0.129 e. The molecule has 1 aliphatic heterocycles. The van der Waals surface area contributed by atoms with Crippen LogP contribution in [0.4, 0.5) is 5.82 Å². The molecule has 114 valence electrons. The number of H-pyrrole nitrogens is 1. The van der Waals surface area contributed by atoms with E-state index in [9.17, 15) is 0 Å². The predicted octanol–water partition coefficient (Wildman–Crippen LogP) is 2.11. The molecule has 0 saturated carbocycles. The van der Waals surface area contributed by atoms with Gasteiger partial charge in [0.25, 0.3) is 0 Å². The first-order valence-corrected chi connectivity index (χ1v) is 7.64. The van der Waals surface area contributed by atoms with Gasteiger partial charge in [-0.1, -0.05) is 13.8 Å². The fourth-order valence-electron chi connectivity index (χ4n) is 2.79. The van der Waals surface area contributed by atoms with Crippen molar-refractivity contribution in [3.05, 3.63) is 23.9 Å². The molecule has 3 heterocycles. The summed E-state index contributed by atoms with van der Waals surface area (Å²) in [5, 5.41) is 3.48. The van der Waals surface area contributed by atoms with Gasteiger partial charge in [0, 0.05) is 39.0 Å². The maximum Gasteiger partial charge on any atom is 0.129 e. The summed E-state index contributed by atoms with van der Waals surface area (Å²) >= 11 is 0. The quantitative estimate of drug-likeness (QED) is 0.799. The Kier molecular flexibility index (Phi) is 4.12. The first-order valence-electron chi connectivity index (χ1n) is 7.64. The highest BCUT2D eigenvalue weighted by Crippen LogP contribution is 2.27. The largest absolute Gasteiger partial charge is 0.383 e. The summed E-state index contributed by atoms with van der Waals surface area (Å²) in [6, 6.07) is 4.79. The summed E-state index contributed by atoms with van der Waals surface area (Å²) in [4.78, 5) is 10.5. The molecule has 0 radical (unpaired) electrons. The Morgan fingerprint density at radius 2 is 2.24 bits per heavy atom. The van der Waals surface area contributed by atoms with Gasteiger partial charge in [0.2, 0.25) is 0 Å². The van der Waals surface area contributed by atoms with E-state index < -0.39 is 0 Å². The van der Waals surface area contributed by atoms with Gasteiger partial charge in [-0.15, -0.1) is 0 Å². The molecular weight excluding hydrogens is 264 g/mol. The van der Waals surface area contributed by atoms with Gasteiger partial charge in [0.15, 0.2) is 0 Å². The zero-order valence-corrected chi connectivity index (χ0v) is 13.0. The first kappa shape index (κ1) is 14.4. The molecule has 5 nitrogen and oxygen atoms in total. The van der Waals surface area contributed by atoms with Crippen molar-refractivity contribution in [1.29, 1.82) is 0 Å². The van der Waals surface area contributed by atoms with Gasteiger partial charge in [0.05, 0.1) is 17.6 Å². The average Bonchev–Trinajstić information content (AvgIpc) is 2.84. The number of fused-ring (bicyclic) bond motifs is 1. The van der Waals surface area contributed by atoms with Crippen molar-refractivity contribution in [3.8, 4) is 0 Å². The third-order valence-corrected chi connectivity index (χ3v) is 4.10. The van der Waals surface area contributed by atoms with Crippen LogP contribution in [0.25, 0.3) is 11.0 Å². The van der Waals surface area contributed by atoms with Gasteiger partial charge >= 0.3 is 0 Å². The number of anilines is 1. The van der Waals surface area contributed by atoms with Crippen molar-refractivity contribution in [3.63, 3.8) is 0 Å². The summed E-state index contributed by atoms with van der Waals surface area (Å²) < 4.78 is 5.06. The minimum absolute atomic E-state index is 0.487. The molecule has 21 heavy (non-hydrogen) atoms. The van der Waals surface area contributed by atoms with Crippen LogP contribution in [0, 0.1) is 0 Å². The molecule has 0 bridgehead atoms. The van der Waals surface area contributed by atoms with Crippen molar-refractivity contribution in [2.45, 2.75) is 25.8 Å². The van der Waals surface area contributed by atoms with E-state index in [0.717, 1.165) is 43.1 Å². The molecule has 0 spiro atoms. The Labute approximate surface area is 125 Å². The van der Waals surface area contributed by atoms with Gasteiger partial charge in [-0.3, -0.25) is 0 Å². The molecule has 0 unspecified atom stereocenters. The molecule has 5 heteroatoms. The van der Waals surface area contributed by atoms with E-state index in [1.807, 2.05) is 0 Å². The van der Waals surface area contributed by atoms with E-state index in [-0.39, 0.29) is 0 Å². The fourth-order valence-corrected chi connectivity index (χ4v) is 2.79. The van der Waals surface area contributed by atoms with Crippen molar-refractivity contribution >= 4 is 16.9 Å². The Hall–Kier alpha value is -1.59. The summed E-state index contributed by atoms with van der Waals surface area (Å²) in [7, 11) is 1.73. The molecule has 1 saturated heterocycles. The maximum absolute atomic E-state index is 5.06. The lowest BCUT2D eigenvalue weighted by Crippen LogP contribution is -2.58. The highest BCUT2D eigenvalue weighted by atomic mass is 16.5. The van der Waals surface area contributed by atoms with Crippen LogP contribution in [0.3, 0.4) is 0 Å². The molecule has 2 aromatic rings. The molecule has 2 aromatic heterocycles. The number of nitrogens with zero attached hydrogens (tertiary/aromatic N) is 2. The van der Waals surface area contributed by atoms with E-state index >= 15 is 0 Å².